The average molecular weight is 485 g/mol. The van der Waals surface area contributed by atoms with Gasteiger partial charge in [0.15, 0.2) is 11.5 Å². The number of methoxy groups -OCH3 is 2. The zero-order chi connectivity index (χ0) is 24.6. The standard InChI is InChI=1S/C25H32N4O4S/c1-14-7-9-17-20(11-14)34-24-22(17)25(31)29(21(27-24)13-28(3)4)15(2)23(30)26-16-8-10-18(32-5)19(12-16)33-6/h8,10,12,14-15H,7,9,11,13H2,1-6H3,(H,26,30). The molecule has 0 saturated heterocycles. The Morgan fingerprint density at radius 3 is 2.71 bits per heavy atom. The molecule has 0 aliphatic heterocycles. The van der Waals surface area contributed by atoms with E-state index in [2.05, 4.69) is 12.2 Å². The summed E-state index contributed by atoms with van der Waals surface area (Å²) >= 11 is 1.63. The van der Waals surface area contributed by atoms with Crippen LogP contribution in [0.4, 0.5) is 5.69 Å². The Hall–Kier alpha value is -2.91. The van der Waals surface area contributed by atoms with Gasteiger partial charge in [-0.3, -0.25) is 14.2 Å². The zero-order valence-corrected chi connectivity index (χ0v) is 21.4. The van der Waals surface area contributed by atoms with Crippen LogP contribution in [0.5, 0.6) is 11.5 Å². The van der Waals surface area contributed by atoms with Crippen molar-refractivity contribution < 1.29 is 14.3 Å². The van der Waals surface area contributed by atoms with Crippen molar-refractivity contribution in [3.63, 3.8) is 0 Å². The van der Waals surface area contributed by atoms with E-state index >= 15 is 0 Å². The van der Waals surface area contributed by atoms with Crippen molar-refractivity contribution in [2.45, 2.75) is 45.7 Å². The van der Waals surface area contributed by atoms with E-state index in [4.69, 9.17) is 14.5 Å². The monoisotopic (exact) mass is 484 g/mol. The Morgan fingerprint density at radius 2 is 2.03 bits per heavy atom. The van der Waals surface area contributed by atoms with Gasteiger partial charge in [-0.2, -0.15) is 0 Å². The second kappa shape index (κ2) is 9.76. The normalized spacial score (nSPS) is 16.4. The first-order valence-corrected chi connectivity index (χ1v) is 12.3. The van der Waals surface area contributed by atoms with Gasteiger partial charge in [0.05, 0.1) is 26.2 Å². The number of rotatable bonds is 7. The minimum atomic E-state index is -0.745. The van der Waals surface area contributed by atoms with Crippen LogP contribution in [0.1, 0.15) is 42.6 Å². The maximum absolute atomic E-state index is 13.8. The first-order valence-electron chi connectivity index (χ1n) is 11.5. The lowest BCUT2D eigenvalue weighted by molar-refractivity contribution is -0.119. The number of fused-ring (bicyclic) bond motifs is 3. The predicted octanol–water partition coefficient (Wildman–Crippen LogP) is 3.86. The molecule has 8 nitrogen and oxygen atoms in total. The molecular formula is C25H32N4O4S. The van der Waals surface area contributed by atoms with Crippen LogP contribution in [0.15, 0.2) is 23.0 Å². The minimum Gasteiger partial charge on any atom is -0.493 e. The second-order valence-corrected chi connectivity index (χ2v) is 10.3. The van der Waals surface area contributed by atoms with Crippen molar-refractivity contribution in [1.82, 2.24) is 14.5 Å². The fourth-order valence-corrected chi connectivity index (χ4v) is 5.91. The van der Waals surface area contributed by atoms with Crippen molar-refractivity contribution in [2.24, 2.45) is 5.92 Å². The lowest BCUT2D eigenvalue weighted by Gasteiger charge is -2.21. The Labute approximate surface area is 203 Å². The summed E-state index contributed by atoms with van der Waals surface area (Å²) in [7, 11) is 6.96. The van der Waals surface area contributed by atoms with E-state index in [1.165, 1.54) is 4.88 Å². The number of aromatic nitrogens is 2. The average Bonchev–Trinajstić information content (AvgIpc) is 3.15. The molecule has 0 radical (unpaired) electrons. The molecule has 1 N–H and O–H groups in total. The van der Waals surface area contributed by atoms with Gasteiger partial charge in [0.1, 0.15) is 16.7 Å². The Morgan fingerprint density at radius 1 is 1.29 bits per heavy atom. The van der Waals surface area contributed by atoms with Crippen LogP contribution in [0.25, 0.3) is 10.2 Å². The first-order chi connectivity index (χ1) is 16.2. The largest absolute Gasteiger partial charge is 0.493 e. The molecule has 3 aromatic rings. The molecule has 2 atom stereocenters. The van der Waals surface area contributed by atoms with Gasteiger partial charge in [-0.15, -0.1) is 11.3 Å². The lowest BCUT2D eigenvalue weighted by Crippen LogP contribution is -2.36. The Balaban J connectivity index is 1.75. The first kappa shape index (κ1) is 24.2. The number of hydrogen-bond donors (Lipinski definition) is 1. The summed E-state index contributed by atoms with van der Waals surface area (Å²) in [6.45, 7) is 4.44. The quantitative estimate of drug-likeness (QED) is 0.548. The predicted molar refractivity (Wildman–Crippen MR) is 135 cm³/mol. The van der Waals surface area contributed by atoms with E-state index in [9.17, 15) is 9.59 Å². The number of aryl methyl sites for hydroxylation is 1. The van der Waals surface area contributed by atoms with E-state index in [-0.39, 0.29) is 11.5 Å². The smallest absolute Gasteiger partial charge is 0.263 e. The van der Waals surface area contributed by atoms with Crippen molar-refractivity contribution in [3.8, 4) is 11.5 Å². The van der Waals surface area contributed by atoms with Gasteiger partial charge in [0.25, 0.3) is 5.56 Å². The number of nitrogens with one attached hydrogen (secondary N) is 1. The number of benzene rings is 1. The van der Waals surface area contributed by atoms with E-state index in [0.29, 0.717) is 40.9 Å². The van der Waals surface area contributed by atoms with Gasteiger partial charge in [-0.1, -0.05) is 6.92 Å². The lowest BCUT2D eigenvalue weighted by atomic mass is 9.89. The van der Waals surface area contributed by atoms with Gasteiger partial charge in [0, 0.05) is 16.6 Å². The highest BCUT2D eigenvalue weighted by Gasteiger charge is 2.28. The summed E-state index contributed by atoms with van der Waals surface area (Å²) in [5, 5.41) is 3.59. The molecule has 2 heterocycles. The molecule has 1 aromatic carbocycles. The van der Waals surface area contributed by atoms with E-state index in [1.807, 2.05) is 19.0 Å². The number of nitrogens with zero attached hydrogens (tertiary/aromatic N) is 3. The van der Waals surface area contributed by atoms with Crippen molar-refractivity contribution in [2.75, 3.05) is 33.6 Å². The molecule has 1 amide bonds. The van der Waals surface area contributed by atoms with Crippen LogP contribution < -0.4 is 20.3 Å². The Kier molecular flexibility index (Phi) is 6.95. The SMILES string of the molecule is COc1ccc(NC(=O)C(C)n2c(CN(C)C)nc3sc4c(c3c2=O)CCC(C)C4)cc1OC. The van der Waals surface area contributed by atoms with Crippen molar-refractivity contribution in [3.05, 3.63) is 44.8 Å². The van der Waals surface area contributed by atoms with E-state index in [0.717, 1.165) is 29.7 Å². The van der Waals surface area contributed by atoms with Crippen LogP contribution >= 0.6 is 11.3 Å². The molecule has 2 unspecified atom stereocenters. The topological polar surface area (TPSA) is 85.7 Å². The third-order valence-electron chi connectivity index (χ3n) is 6.31. The number of anilines is 1. The third-order valence-corrected chi connectivity index (χ3v) is 7.46. The molecule has 9 heteroatoms. The highest BCUT2D eigenvalue weighted by atomic mass is 32.1. The van der Waals surface area contributed by atoms with Gasteiger partial charge in [0.2, 0.25) is 5.91 Å². The minimum absolute atomic E-state index is 0.135. The number of ether oxygens (including phenoxy) is 2. The summed E-state index contributed by atoms with van der Waals surface area (Å²) in [5.41, 5.74) is 1.55. The van der Waals surface area contributed by atoms with E-state index < -0.39 is 6.04 Å². The van der Waals surface area contributed by atoms with Crippen LogP contribution in [0, 0.1) is 5.92 Å². The number of thiophene rings is 1. The number of carbonyl (C=O) groups excluding carboxylic acids is 1. The summed E-state index contributed by atoms with van der Waals surface area (Å²) in [6.07, 6.45) is 2.92. The maximum atomic E-state index is 13.8. The molecular weight excluding hydrogens is 452 g/mol. The molecule has 0 saturated carbocycles. The van der Waals surface area contributed by atoms with Crippen molar-refractivity contribution in [1.29, 1.82) is 0 Å². The van der Waals surface area contributed by atoms with Gasteiger partial charge >= 0.3 is 0 Å². The fraction of sp³-hybridized carbons (Fsp3) is 0.480. The molecule has 1 aliphatic carbocycles. The highest BCUT2D eigenvalue weighted by Crippen LogP contribution is 2.36. The van der Waals surface area contributed by atoms with Crippen LogP contribution in [-0.2, 0) is 24.2 Å². The number of hydrogen-bond acceptors (Lipinski definition) is 7. The molecule has 0 fully saturated rings. The molecule has 2 aromatic heterocycles. The summed E-state index contributed by atoms with van der Waals surface area (Å²) in [6, 6.07) is 4.43. The molecule has 34 heavy (non-hydrogen) atoms. The van der Waals surface area contributed by atoms with Gasteiger partial charge < -0.3 is 19.7 Å². The van der Waals surface area contributed by atoms with E-state index in [1.54, 1.807) is 55.2 Å². The summed E-state index contributed by atoms with van der Waals surface area (Å²) in [4.78, 5) is 36.0. The Bertz CT molecular complexity index is 1280. The molecule has 1 aliphatic rings. The van der Waals surface area contributed by atoms with Crippen molar-refractivity contribution >= 4 is 33.1 Å². The second-order valence-electron chi connectivity index (χ2n) is 9.21. The zero-order valence-electron chi connectivity index (χ0n) is 20.6. The van der Waals surface area contributed by atoms with Gasteiger partial charge in [-0.05, 0) is 63.9 Å². The van der Waals surface area contributed by atoms with Gasteiger partial charge in [-0.25, -0.2) is 4.98 Å². The highest BCUT2D eigenvalue weighted by molar-refractivity contribution is 7.18. The number of carbonyl (C=O) groups is 1. The molecule has 182 valence electrons. The number of amides is 1. The molecule has 4 rings (SSSR count). The van der Waals surface area contributed by atoms with Crippen LogP contribution in [0.2, 0.25) is 0 Å². The summed E-state index contributed by atoms with van der Waals surface area (Å²) < 4.78 is 12.2. The summed E-state index contributed by atoms with van der Waals surface area (Å²) in [5.74, 6) is 1.98. The molecule has 0 bridgehead atoms. The van der Waals surface area contributed by atoms with Crippen LogP contribution in [-0.4, -0.2) is 48.7 Å². The third kappa shape index (κ3) is 4.54. The molecule has 0 spiro atoms. The van der Waals surface area contributed by atoms with Crippen LogP contribution in [0.3, 0.4) is 0 Å². The maximum Gasteiger partial charge on any atom is 0.263 e. The fourth-order valence-electron chi connectivity index (χ4n) is 4.52.